The van der Waals surface area contributed by atoms with Crippen LogP contribution in [0.4, 0.5) is 5.82 Å². The molecule has 1 aliphatic rings. The summed E-state index contributed by atoms with van der Waals surface area (Å²) >= 11 is 0. The van der Waals surface area contributed by atoms with E-state index >= 15 is 0 Å². The molecule has 1 aromatic heterocycles. The predicted molar refractivity (Wildman–Crippen MR) is 64.6 cm³/mol. The zero-order chi connectivity index (χ0) is 12.3. The van der Waals surface area contributed by atoms with Gasteiger partial charge in [-0.05, 0) is 31.9 Å². The van der Waals surface area contributed by atoms with Crippen LogP contribution in [0.2, 0.25) is 0 Å². The van der Waals surface area contributed by atoms with E-state index in [1.807, 2.05) is 12.1 Å². The Hall–Kier alpha value is -1.89. The van der Waals surface area contributed by atoms with Crippen LogP contribution >= 0.6 is 0 Å². The molecular formula is C13H15N3O. The third-order valence-electron chi connectivity index (χ3n) is 3.20. The maximum atomic E-state index is 11.4. The van der Waals surface area contributed by atoms with E-state index in [1.165, 1.54) is 0 Å². The molecule has 2 heterocycles. The molecule has 1 atom stereocenters. The molecule has 4 heteroatoms. The normalized spacial score (nSPS) is 19.8. The first-order chi connectivity index (χ1) is 8.20. The van der Waals surface area contributed by atoms with Crippen molar-refractivity contribution in [3.8, 4) is 6.07 Å². The Labute approximate surface area is 101 Å². The molecule has 0 aromatic carbocycles. The summed E-state index contributed by atoms with van der Waals surface area (Å²) < 4.78 is 0. The minimum Gasteiger partial charge on any atom is -0.356 e. The van der Waals surface area contributed by atoms with Crippen LogP contribution in [0.5, 0.6) is 0 Å². The Kier molecular flexibility index (Phi) is 3.38. The number of rotatable bonds is 2. The van der Waals surface area contributed by atoms with Crippen LogP contribution in [0.3, 0.4) is 0 Å². The van der Waals surface area contributed by atoms with Gasteiger partial charge in [-0.25, -0.2) is 4.98 Å². The highest BCUT2D eigenvalue weighted by Crippen LogP contribution is 2.22. The fraction of sp³-hybridized carbons (Fsp3) is 0.462. The molecule has 1 unspecified atom stereocenters. The lowest BCUT2D eigenvalue weighted by atomic mass is 9.94. The second-order valence-electron chi connectivity index (χ2n) is 4.41. The largest absolute Gasteiger partial charge is 0.356 e. The topological polar surface area (TPSA) is 57.0 Å². The Morgan fingerprint density at radius 2 is 2.41 bits per heavy atom. The highest BCUT2D eigenvalue weighted by molar-refractivity contribution is 5.79. The molecule has 1 saturated heterocycles. The van der Waals surface area contributed by atoms with Crippen molar-refractivity contribution in [1.29, 1.82) is 5.26 Å². The molecule has 0 radical (unpaired) electrons. The van der Waals surface area contributed by atoms with Gasteiger partial charge in [0.1, 0.15) is 17.7 Å². The number of pyridine rings is 1. The Balaban J connectivity index is 2.11. The van der Waals surface area contributed by atoms with Crippen LogP contribution in [-0.4, -0.2) is 23.9 Å². The first kappa shape index (κ1) is 11.6. The average molecular weight is 229 g/mol. The zero-order valence-electron chi connectivity index (χ0n) is 9.89. The number of ketones is 1. The molecule has 0 saturated carbocycles. The number of carbonyl (C=O) groups excluding carboxylic acids is 1. The van der Waals surface area contributed by atoms with Gasteiger partial charge in [-0.2, -0.15) is 5.26 Å². The summed E-state index contributed by atoms with van der Waals surface area (Å²) in [7, 11) is 0. The van der Waals surface area contributed by atoms with E-state index in [9.17, 15) is 4.79 Å². The van der Waals surface area contributed by atoms with Crippen molar-refractivity contribution in [2.24, 2.45) is 5.92 Å². The summed E-state index contributed by atoms with van der Waals surface area (Å²) in [5.74, 6) is 1.24. The van der Waals surface area contributed by atoms with Gasteiger partial charge in [-0.3, -0.25) is 4.79 Å². The number of nitrogens with zero attached hydrogens (tertiary/aromatic N) is 3. The van der Waals surface area contributed by atoms with Gasteiger partial charge in [0.2, 0.25) is 0 Å². The minimum atomic E-state index is 0.126. The van der Waals surface area contributed by atoms with Crippen LogP contribution in [0.15, 0.2) is 18.3 Å². The molecule has 0 aliphatic carbocycles. The predicted octanol–water partition coefficient (Wildman–Crippen LogP) is 1.76. The molecule has 0 N–H and O–H groups in total. The fourth-order valence-corrected chi connectivity index (χ4v) is 2.16. The van der Waals surface area contributed by atoms with Crippen LogP contribution in [0.1, 0.15) is 25.3 Å². The minimum absolute atomic E-state index is 0.126. The second-order valence-corrected chi connectivity index (χ2v) is 4.41. The standard InChI is InChI=1S/C13H15N3O/c1-10(17)12-3-2-6-16(9-12)13-5-4-11(7-14)8-15-13/h4-5,8,12H,2-3,6,9H2,1H3. The molecule has 1 aromatic rings. The molecule has 17 heavy (non-hydrogen) atoms. The maximum absolute atomic E-state index is 11.4. The average Bonchev–Trinajstić information content (AvgIpc) is 2.39. The van der Waals surface area contributed by atoms with Crippen LogP contribution in [0.25, 0.3) is 0 Å². The van der Waals surface area contributed by atoms with E-state index in [4.69, 9.17) is 5.26 Å². The summed E-state index contributed by atoms with van der Waals surface area (Å²) in [6.45, 7) is 3.33. The van der Waals surface area contributed by atoms with Crippen LogP contribution < -0.4 is 4.90 Å². The second kappa shape index (κ2) is 4.96. The maximum Gasteiger partial charge on any atom is 0.134 e. The van der Waals surface area contributed by atoms with Crippen molar-refractivity contribution in [3.05, 3.63) is 23.9 Å². The summed E-state index contributed by atoms with van der Waals surface area (Å²) in [5, 5.41) is 8.71. The van der Waals surface area contributed by atoms with Gasteiger partial charge < -0.3 is 4.90 Å². The lowest BCUT2D eigenvalue weighted by Gasteiger charge is -2.32. The van der Waals surface area contributed by atoms with Gasteiger partial charge in [0.25, 0.3) is 0 Å². The Bertz CT molecular complexity index is 447. The SMILES string of the molecule is CC(=O)C1CCCN(c2ccc(C#N)cn2)C1. The number of anilines is 1. The summed E-state index contributed by atoms with van der Waals surface area (Å²) in [5.41, 5.74) is 0.564. The highest BCUT2D eigenvalue weighted by Gasteiger charge is 2.23. The number of hydrogen-bond donors (Lipinski definition) is 0. The zero-order valence-corrected chi connectivity index (χ0v) is 9.89. The smallest absolute Gasteiger partial charge is 0.134 e. The lowest BCUT2D eigenvalue weighted by molar-refractivity contribution is -0.120. The molecule has 0 spiro atoms. The van der Waals surface area contributed by atoms with E-state index in [1.54, 1.807) is 19.2 Å². The van der Waals surface area contributed by atoms with Crippen molar-refractivity contribution in [2.45, 2.75) is 19.8 Å². The van der Waals surface area contributed by atoms with Gasteiger partial charge in [-0.1, -0.05) is 0 Å². The van der Waals surface area contributed by atoms with E-state index in [-0.39, 0.29) is 11.7 Å². The number of Topliss-reactive ketones (excluding diaryl/α,β-unsaturated/α-hetero) is 1. The molecule has 4 nitrogen and oxygen atoms in total. The van der Waals surface area contributed by atoms with Crippen molar-refractivity contribution in [1.82, 2.24) is 4.98 Å². The first-order valence-electron chi connectivity index (χ1n) is 5.82. The summed E-state index contributed by atoms with van der Waals surface area (Å²) in [6.07, 6.45) is 3.57. The molecule has 1 fully saturated rings. The summed E-state index contributed by atoms with van der Waals surface area (Å²) in [6, 6.07) is 5.66. The van der Waals surface area contributed by atoms with Crippen molar-refractivity contribution < 1.29 is 4.79 Å². The van der Waals surface area contributed by atoms with E-state index in [0.717, 1.165) is 31.7 Å². The molecule has 0 bridgehead atoms. The van der Waals surface area contributed by atoms with Gasteiger partial charge >= 0.3 is 0 Å². The number of nitriles is 1. The molecule has 1 aliphatic heterocycles. The van der Waals surface area contributed by atoms with Crippen molar-refractivity contribution >= 4 is 11.6 Å². The number of piperidine rings is 1. The number of aromatic nitrogens is 1. The van der Waals surface area contributed by atoms with Gasteiger partial charge in [-0.15, -0.1) is 0 Å². The van der Waals surface area contributed by atoms with E-state index in [0.29, 0.717) is 5.56 Å². The molecular weight excluding hydrogens is 214 g/mol. The Morgan fingerprint density at radius 1 is 1.59 bits per heavy atom. The highest BCUT2D eigenvalue weighted by atomic mass is 16.1. The Morgan fingerprint density at radius 3 is 3.00 bits per heavy atom. The van der Waals surface area contributed by atoms with Crippen LogP contribution in [0, 0.1) is 17.2 Å². The number of carbonyl (C=O) groups is 1. The third-order valence-corrected chi connectivity index (χ3v) is 3.20. The molecule has 88 valence electrons. The van der Waals surface area contributed by atoms with Crippen LogP contribution in [-0.2, 0) is 4.79 Å². The van der Waals surface area contributed by atoms with Gasteiger partial charge in [0.15, 0.2) is 0 Å². The molecule has 2 rings (SSSR count). The van der Waals surface area contributed by atoms with Crippen molar-refractivity contribution in [3.63, 3.8) is 0 Å². The quantitative estimate of drug-likeness (QED) is 0.775. The van der Waals surface area contributed by atoms with E-state index in [2.05, 4.69) is 9.88 Å². The van der Waals surface area contributed by atoms with Gasteiger partial charge in [0.05, 0.1) is 5.56 Å². The lowest BCUT2D eigenvalue weighted by Crippen LogP contribution is -2.38. The van der Waals surface area contributed by atoms with Crippen molar-refractivity contribution in [2.75, 3.05) is 18.0 Å². The fourth-order valence-electron chi connectivity index (χ4n) is 2.16. The molecule has 0 amide bonds. The van der Waals surface area contributed by atoms with Gasteiger partial charge in [0, 0.05) is 25.2 Å². The van der Waals surface area contributed by atoms with E-state index < -0.39 is 0 Å². The number of hydrogen-bond acceptors (Lipinski definition) is 4. The first-order valence-corrected chi connectivity index (χ1v) is 5.82. The third kappa shape index (κ3) is 2.62. The monoisotopic (exact) mass is 229 g/mol. The summed E-state index contributed by atoms with van der Waals surface area (Å²) in [4.78, 5) is 17.8.